The molecule has 0 aromatic heterocycles. The fraction of sp³-hybridized carbons (Fsp3) is 0.500. The number of hydrogen-bond acceptors (Lipinski definition) is 2. The molecule has 0 atom stereocenters. The largest absolute Gasteiger partial charge is 0.356 e. The van der Waals surface area contributed by atoms with E-state index in [0.29, 0.717) is 6.04 Å². The Morgan fingerprint density at radius 1 is 1.33 bits per heavy atom. The topological polar surface area (TPSA) is 56.7 Å². The summed E-state index contributed by atoms with van der Waals surface area (Å²) in [7, 11) is 5.28. The van der Waals surface area contributed by atoms with Crippen molar-refractivity contribution in [3.05, 3.63) is 35.4 Å². The van der Waals surface area contributed by atoms with E-state index in [0.717, 1.165) is 30.1 Å². The number of carbonyl (C=O) groups excluding carboxylic acids is 1. The molecular weight excluding hydrogens is 264 g/mol. The second-order valence-corrected chi connectivity index (χ2v) is 5.45. The van der Waals surface area contributed by atoms with Crippen LogP contribution >= 0.6 is 0 Å². The van der Waals surface area contributed by atoms with Crippen molar-refractivity contribution >= 4 is 11.9 Å². The summed E-state index contributed by atoms with van der Waals surface area (Å²) in [4.78, 5) is 17.7. The van der Waals surface area contributed by atoms with Gasteiger partial charge in [0.25, 0.3) is 5.91 Å². The van der Waals surface area contributed by atoms with Gasteiger partial charge in [0.15, 0.2) is 5.96 Å². The molecule has 116 valence electrons. The first-order valence-electron chi connectivity index (χ1n) is 7.21. The lowest BCUT2D eigenvalue weighted by Crippen LogP contribution is -2.41. The van der Waals surface area contributed by atoms with Crippen molar-refractivity contribution < 1.29 is 4.79 Å². The molecule has 1 rings (SSSR count). The highest BCUT2D eigenvalue weighted by atomic mass is 16.2. The molecule has 0 unspecified atom stereocenters. The molecule has 0 aliphatic rings. The van der Waals surface area contributed by atoms with Gasteiger partial charge in [-0.1, -0.05) is 12.1 Å². The summed E-state index contributed by atoms with van der Waals surface area (Å²) < 4.78 is 0. The van der Waals surface area contributed by atoms with Crippen LogP contribution in [0.2, 0.25) is 0 Å². The number of aliphatic imine (C=N–C) groups is 1. The minimum atomic E-state index is 0.0297. The third-order valence-electron chi connectivity index (χ3n) is 2.94. The summed E-state index contributed by atoms with van der Waals surface area (Å²) in [5.74, 6) is 0.826. The van der Waals surface area contributed by atoms with Gasteiger partial charge < -0.3 is 15.5 Å². The molecule has 1 amide bonds. The van der Waals surface area contributed by atoms with Crippen LogP contribution in [-0.2, 0) is 6.42 Å². The summed E-state index contributed by atoms with van der Waals surface area (Å²) in [6, 6.07) is 8.10. The molecule has 1 aromatic rings. The number of carbonyl (C=O) groups is 1. The van der Waals surface area contributed by atoms with E-state index in [4.69, 9.17) is 0 Å². The van der Waals surface area contributed by atoms with Crippen molar-refractivity contribution in [1.82, 2.24) is 15.5 Å². The second-order valence-electron chi connectivity index (χ2n) is 5.45. The molecule has 0 heterocycles. The normalized spacial score (nSPS) is 11.4. The van der Waals surface area contributed by atoms with Crippen LogP contribution in [0.4, 0.5) is 0 Å². The van der Waals surface area contributed by atoms with Crippen molar-refractivity contribution in [2.24, 2.45) is 4.99 Å². The van der Waals surface area contributed by atoms with E-state index in [9.17, 15) is 4.79 Å². The number of benzene rings is 1. The highest BCUT2D eigenvalue weighted by molar-refractivity contribution is 5.94. The second kappa shape index (κ2) is 8.29. The van der Waals surface area contributed by atoms with Crippen LogP contribution in [0.5, 0.6) is 0 Å². The maximum absolute atomic E-state index is 11.9. The number of nitrogens with one attached hydrogen (secondary N) is 2. The Balaban J connectivity index is 2.56. The standard InChI is InChI=1S/C16H26N4O/c1-12(2)19-16(17-3)18-10-9-13-7-6-8-14(11-13)15(21)20(4)5/h6-8,11-12H,9-10H2,1-5H3,(H2,17,18,19). The maximum Gasteiger partial charge on any atom is 0.253 e. The number of hydrogen-bond donors (Lipinski definition) is 2. The molecule has 5 heteroatoms. The summed E-state index contributed by atoms with van der Waals surface area (Å²) >= 11 is 0. The Morgan fingerprint density at radius 2 is 2.05 bits per heavy atom. The molecule has 0 fully saturated rings. The molecule has 0 aliphatic carbocycles. The molecule has 5 nitrogen and oxygen atoms in total. The minimum absolute atomic E-state index is 0.0297. The van der Waals surface area contributed by atoms with Gasteiger partial charge in [-0.15, -0.1) is 0 Å². The van der Waals surface area contributed by atoms with Crippen LogP contribution in [0.15, 0.2) is 29.3 Å². The van der Waals surface area contributed by atoms with E-state index in [1.54, 1.807) is 26.0 Å². The van der Waals surface area contributed by atoms with Gasteiger partial charge in [-0.2, -0.15) is 0 Å². The zero-order valence-corrected chi connectivity index (χ0v) is 13.6. The van der Waals surface area contributed by atoms with Gasteiger partial charge in [0.1, 0.15) is 0 Å². The number of guanidine groups is 1. The monoisotopic (exact) mass is 290 g/mol. The third-order valence-corrected chi connectivity index (χ3v) is 2.94. The molecule has 0 saturated carbocycles. The fourth-order valence-corrected chi connectivity index (χ4v) is 1.91. The van der Waals surface area contributed by atoms with Gasteiger partial charge >= 0.3 is 0 Å². The summed E-state index contributed by atoms with van der Waals surface area (Å²) in [5.41, 5.74) is 1.86. The lowest BCUT2D eigenvalue weighted by molar-refractivity contribution is 0.0827. The zero-order valence-electron chi connectivity index (χ0n) is 13.6. The molecule has 0 radical (unpaired) electrons. The van der Waals surface area contributed by atoms with Crippen LogP contribution in [0.1, 0.15) is 29.8 Å². The van der Waals surface area contributed by atoms with Gasteiger partial charge in [0, 0.05) is 39.3 Å². The van der Waals surface area contributed by atoms with Crippen molar-refractivity contribution in [3.63, 3.8) is 0 Å². The Kier molecular flexibility index (Phi) is 6.72. The van der Waals surface area contributed by atoms with E-state index >= 15 is 0 Å². The first-order chi connectivity index (χ1) is 9.93. The van der Waals surface area contributed by atoms with E-state index in [1.165, 1.54) is 0 Å². The number of nitrogens with zero attached hydrogens (tertiary/aromatic N) is 2. The quantitative estimate of drug-likeness (QED) is 0.638. The Bertz CT molecular complexity index is 495. The number of amides is 1. The predicted molar refractivity (Wildman–Crippen MR) is 87.8 cm³/mol. The lowest BCUT2D eigenvalue weighted by Gasteiger charge is -2.15. The van der Waals surface area contributed by atoms with Gasteiger partial charge in [-0.3, -0.25) is 9.79 Å². The highest BCUT2D eigenvalue weighted by Crippen LogP contribution is 2.07. The van der Waals surface area contributed by atoms with Gasteiger partial charge in [-0.05, 0) is 38.0 Å². The van der Waals surface area contributed by atoms with E-state index in [1.807, 2.05) is 24.3 Å². The average molecular weight is 290 g/mol. The summed E-state index contributed by atoms with van der Waals surface area (Å²) in [6.45, 7) is 4.92. The van der Waals surface area contributed by atoms with Crippen molar-refractivity contribution in [2.75, 3.05) is 27.7 Å². The molecular formula is C16H26N4O. The molecule has 0 spiro atoms. The van der Waals surface area contributed by atoms with Crippen LogP contribution in [0.25, 0.3) is 0 Å². The molecule has 0 aliphatic heterocycles. The van der Waals surface area contributed by atoms with Gasteiger partial charge in [0.2, 0.25) is 0 Å². The smallest absolute Gasteiger partial charge is 0.253 e. The summed E-state index contributed by atoms with van der Waals surface area (Å²) in [6.07, 6.45) is 0.841. The first-order valence-corrected chi connectivity index (χ1v) is 7.21. The Hall–Kier alpha value is -2.04. The van der Waals surface area contributed by atoms with Crippen molar-refractivity contribution in [1.29, 1.82) is 0 Å². The lowest BCUT2D eigenvalue weighted by atomic mass is 10.1. The van der Waals surface area contributed by atoms with Crippen LogP contribution in [-0.4, -0.2) is 50.5 Å². The molecule has 0 saturated heterocycles. The first kappa shape index (κ1) is 17.0. The highest BCUT2D eigenvalue weighted by Gasteiger charge is 2.08. The minimum Gasteiger partial charge on any atom is -0.356 e. The maximum atomic E-state index is 11.9. The number of rotatable bonds is 5. The van der Waals surface area contributed by atoms with E-state index in [2.05, 4.69) is 29.5 Å². The molecule has 0 bridgehead atoms. The van der Waals surface area contributed by atoms with Crippen LogP contribution in [0, 0.1) is 0 Å². The Labute approximate surface area is 127 Å². The van der Waals surface area contributed by atoms with Gasteiger partial charge in [-0.25, -0.2) is 0 Å². The molecule has 1 aromatic carbocycles. The van der Waals surface area contributed by atoms with Gasteiger partial charge in [0.05, 0.1) is 0 Å². The zero-order chi connectivity index (χ0) is 15.8. The molecule has 21 heavy (non-hydrogen) atoms. The van der Waals surface area contributed by atoms with Crippen molar-refractivity contribution in [3.8, 4) is 0 Å². The van der Waals surface area contributed by atoms with E-state index < -0.39 is 0 Å². The average Bonchev–Trinajstić information content (AvgIpc) is 2.45. The fourth-order valence-electron chi connectivity index (χ4n) is 1.91. The third kappa shape index (κ3) is 5.85. The molecule has 2 N–H and O–H groups in total. The summed E-state index contributed by atoms with van der Waals surface area (Å²) in [5, 5.41) is 6.50. The van der Waals surface area contributed by atoms with Crippen LogP contribution < -0.4 is 10.6 Å². The predicted octanol–water partition coefficient (Wildman–Crippen LogP) is 1.50. The Morgan fingerprint density at radius 3 is 2.62 bits per heavy atom. The SMILES string of the molecule is CN=C(NCCc1cccc(C(=O)N(C)C)c1)NC(C)C. The van der Waals surface area contributed by atoms with Crippen LogP contribution in [0.3, 0.4) is 0 Å². The van der Waals surface area contributed by atoms with E-state index in [-0.39, 0.29) is 5.91 Å². The van der Waals surface area contributed by atoms with Crippen molar-refractivity contribution in [2.45, 2.75) is 26.3 Å².